The Kier molecular flexibility index (Phi) is 7.37. The van der Waals surface area contributed by atoms with Crippen molar-refractivity contribution in [3.05, 3.63) is 42.0 Å². The van der Waals surface area contributed by atoms with E-state index in [2.05, 4.69) is 31.4 Å². The normalized spacial score (nSPS) is 18.4. The molecule has 1 unspecified atom stereocenters. The molecule has 13 heteroatoms. The average molecular weight is 497 g/mol. The van der Waals surface area contributed by atoms with Gasteiger partial charge < -0.3 is 25.2 Å². The molecule has 0 spiro atoms. The van der Waals surface area contributed by atoms with Gasteiger partial charge in [0.2, 0.25) is 5.95 Å². The number of aliphatic hydroxyl groups excluding tert-OH is 2. The van der Waals surface area contributed by atoms with Crippen LogP contribution in [-0.2, 0) is 18.4 Å². The molecule has 12 nitrogen and oxygen atoms in total. The van der Waals surface area contributed by atoms with Crippen LogP contribution in [0.25, 0.3) is 11.4 Å². The first kappa shape index (κ1) is 25.0. The van der Waals surface area contributed by atoms with Gasteiger partial charge in [0.25, 0.3) is 5.91 Å². The van der Waals surface area contributed by atoms with Crippen molar-refractivity contribution < 1.29 is 24.1 Å². The highest BCUT2D eigenvalue weighted by Crippen LogP contribution is 2.28. The standard InChI is InChI=1S/C23H25FN8O4/c1-13(34)22(35)32-6-5-20(16(24)9-32)36-19-4-3-14(7-15(19)8-25)21-26-12-27-23(29-21)28-17-10-31(2)30-18(17)11-33/h3-4,7,10,12-13,16,20,33-34H,5-6,9,11H2,1-2H3,(H,26,27,28,29)/t13?,16-,20+/m1/s1. The molecule has 1 aliphatic heterocycles. The minimum atomic E-state index is -1.47. The summed E-state index contributed by atoms with van der Waals surface area (Å²) < 4.78 is 22.1. The smallest absolute Gasteiger partial charge is 0.251 e. The number of alkyl halides is 1. The number of likely N-dealkylation sites (tertiary alicyclic amines) is 1. The Labute approximate surface area is 206 Å². The number of hydrogen-bond donors (Lipinski definition) is 3. The second-order valence-electron chi connectivity index (χ2n) is 8.32. The number of ether oxygens (including phenoxy) is 1. The summed E-state index contributed by atoms with van der Waals surface area (Å²) in [7, 11) is 1.72. The topological polar surface area (TPSA) is 162 Å². The van der Waals surface area contributed by atoms with E-state index in [0.29, 0.717) is 22.8 Å². The SMILES string of the molecule is CC(O)C(=O)N1CC[C@H](Oc2ccc(-c3ncnc(Nc4cn(C)nc4CO)n3)cc2C#N)[C@H](F)C1. The molecule has 1 amide bonds. The Morgan fingerprint density at radius 3 is 2.92 bits per heavy atom. The van der Waals surface area contributed by atoms with E-state index < -0.39 is 24.3 Å². The van der Waals surface area contributed by atoms with E-state index in [1.165, 1.54) is 24.2 Å². The summed E-state index contributed by atoms with van der Waals surface area (Å²) in [5.74, 6) is 0.193. The minimum absolute atomic E-state index is 0.173. The molecule has 3 aromatic rings. The Morgan fingerprint density at radius 1 is 1.42 bits per heavy atom. The Balaban J connectivity index is 1.49. The third-order valence-corrected chi connectivity index (χ3v) is 5.66. The number of carbonyl (C=O) groups excluding carboxylic acids is 1. The van der Waals surface area contributed by atoms with E-state index in [4.69, 9.17) is 4.74 Å². The molecule has 3 heterocycles. The lowest BCUT2D eigenvalue weighted by molar-refractivity contribution is -0.143. The van der Waals surface area contributed by atoms with Gasteiger partial charge in [0, 0.05) is 31.8 Å². The van der Waals surface area contributed by atoms with Gasteiger partial charge >= 0.3 is 0 Å². The van der Waals surface area contributed by atoms with E-state index in [1.54, 1.807) is 30.1 Å². The van der Waals surface area contributed by atoms with Crippen molar-refractivity contribution in [2.75, 3.05) is 18.4 Å². The number of hydrogen-bond acceptors (Lipinski definition) is 10. The molecule has 0 bridgehead atoms. The maximum atomic E-state index is 14.7. The van der Waals surface area contributed by atoms with Crippen LogP contribution in [0.1, 0.15) is 24.6 Å². The number of nitrogens with zero attached hydrogens (tertiary/aromatic N) is 7. The van der Waals surface area contributed by atoms with Crippen LogP contribution in [0.5, 0.6) is 5.75 Å². The van der Waals surface area contributed by atoms with Crippen molar-refractivity contribution in [2.45, 2.75) is 38.3 Å². The number of nitrogens with one attached hydrogen (secondary N) is 1. The molecule has 3 N–H and O–H groups in total. The van der Waals surface area contributed by atoms with E-state index in [-0.39, 0.29) is 43.4 Å². The first-order valence-corrected chi connectivity index (χ1v) is 11.2. The quantitative estimate of drug-likeness (QED) is 0.431. The van der Waals surface area contributed by atoms with Gasteiger partial charge in [-0.1, -0.05) is 0 Å². The third-order valence-electron chi connectivity index (χ3n) is 5.66. The van der Waals surface area contributed by atoms with Crippen LogP contribution in [0.4, 0.5) is 16.0 Å². The molecule has 4 rings (SSSR count). The number of aromatic nitrogens is 5. The lowest BCUT2D eigenvalue weighted by Crippen LogP contribution is -2.51. The van der Waals surface area contributed by atoms with Gasteiger partial charge in [-0.25, -0.2) is 14.4 Å². The summed E-state index contributed by atoms with van der Waals surface area (Å²) in [5.41, 5.74) is 1.67. The molecule has 0 aliphatic carbocycles. The third kappa shape index (κ3) is 5.40. The number of benzene rings is 1. The van der Waals surface area contributed by atoms with Crippen molar-refractivity contribution in [1.82, 2.24) is 29.6 Å². The number of piperidine rings is 1. The Hall–Kier alpha value is -4.15. The Morgan fingerprint density at radius 2 is 2.22 bits per heavy atom. The lowest BCUT2D eigenvalue weighted by Gasteiger charge is -2.35. The van der Waals surface area contributed by atoms with Gasteiger partial charge in [-0.05, 0) is 25.1 Å². The summed E-state index contributed by atoms with van der Waals surface area (Å²) >= 11 is 0. The van der Waals surface area contributed by atoms with E-state index in [1.807, 2.05) is 0 Å². The fourth-order valence-electron chi connectivity index (χ4n) is 3.87. The molecule has 1 aromatic carbocycles. The van der Waals surface area contributed by atoms with Crippen LogP contribution in [0.3, 0.4) is 0 Å². The van der Waals surface area contributed by atoms with Crippen molar-refractivity contribution in [3.63, 3.8) is 0 Å². The summed E-state index contributed by atoms with van der Waals surface area (Å²) in [5, 5.41) is 35.7. The molecule has 188 valence electrons. The van der Waals surface area contributed by atoms with Gasteiger partial charge in [-0.3, -0.25) is 9.48 Å². The van der Waals surface area contributed by atoms with Gasteiger partial charge in [0.1, 0.15) is 36.0 Å². The molecular formula is C23H25FN8O4. The predicted octanol–water partition coefficient (Wildman–Crippen LogP) is 1.08. The zero-order valence-corrected chi connectivity index (χ0v) is 19.7. The molecule has 0 radical (unpaired) electrons. The summed E-state index contributed by atoms with van der Waals surface area (Å²) in [6, 6.07) is 6.79. The van der Waals surface area contributed by atoms with Crippen LogP contribution in [0, 0.1) is 11.3 Å². The van der Waals surface area contributed by atoms with Gasteiger partial charge in [-0.2, -0.15) is 15.3 Å². The second-order valence-corrected chi connectivity index (χ2v) is 8.32. The molecule has 1 fully saturated rings. The van der Waals surface area contributed by atoms with Crippen LogP contribution in [0.15, 0.2) is 30.7 Å². The largest absolute Gasteiger partial charge is 0.486 e. The molecular weight excluding hydrogens is 471 g/mol. The minimum Gasteiger partial charge on any atom is -0.486 e. The van der Waals surface area contributed by atoms with Crippen LogP contribution >= 0.6 is 0 Å². The highest BCUT2D eigenvalue weighted by Gasteiger charge is 2.34. The summed E-state index contributed by atoms with van der Waals surface area (Å²) in [6.45, 7) is 1.13. The second kappa shape index (κ2) is 10.6. The molecule has 1 saturated heterocycles. The molecule has 3 atom stereocenters. The van der Waals surface area contributed by atoms with Crippen LogP contribution in [0.2, 0.25) is 0 Å². The molecule has 0 saturated carbocycles. The first-order chi connectivity index (χ1) is 17.3. The number of carbonyl (C=O) groups is 1. The average Bonchev–Trinajstić information content (AvgIpc) is 3.23. The zero-order valence-electron chi connectivity index (χ0n) is 19.7. The van der Waals surface area contributed by atoms with E-state index in [9.17, 15) is 24.7 Å². The molecule has 2 aromatic heterocycles. The van der Waals surface area contributed by atoms with Crippen molar-refractivity contribution in [1.29, 1.82) is 5.26 Å². The predicted molar refractivity (Wildman–Crippen MR) is 125 cm³/mol. The fourth-order valence-corrected chi connectivity index (χ4v) is 3.87. The maximum absolute atomic E-state index is 14.7. The number of nitriles is 1. The van der Waals surface area contributed by atoms with Crippen LogP contribution in [-0.4, -0.2) is 77.2 Å². The highest BCUT2D eigenvalue weighted by molar-refractivity contribution is 5.80. The maximum Gasteiger partial charge on any atom is 0.251 e. The van der Waals surface area contributed by atoms with Crippen molar-refractivity contribution >= 4 is 17.5 Å². The highest BCUT2D eigenvalue weighted by atomic mass is 19.1. The number of aryl methyl sites for hydroxylation is 1. The van der Waals surface area contributed by atoms with Gasteiger partial charge in [-0.15, -0.1) is 0 Å². The van der Waals surface area contributed by atoms with E-state index in [0.717, 1.165) is 0 Å². The Bertz CT molecular complexity index is 1290. The van der Waals surface area contributed by atoms with Crippen LogP contribution < -0.4 is 10.1 Å². The number of rotatable bonds is 7. The van der Waals surface area contributed by atoms with Crippen molar-refractivity contribution in [3.8, 4) is 23.2 Å². The van der Waals surface area contributed by atoms with Gasteiger partial charge in [0.05, 0.1) is 24.4 Å². The fraction of sp³-hybridized carbons (Fsp3) is 0.391. The van der Waals surface area contributed by atoms with E-state index >= 15 is 0 Å². The number of halogens is 1. The lowest BCUT2D eigenvalue weighted by atomic mass is 10.0. The van der Waals surface area contributed by atoms with Crippen molar-refractivity contribution in [2.24, 2.45) is 7.05 Å². The summed E-state index contributed by atoms with van der Waals surface area (Å²) in [4.78, 5) is 25.8. The summed E-state index contributed by atoms with van der Waals surface area (Å²) in [6.07, 6.45) is -0.294. The number of anilines is 2. The monoisotopic (exact) mass is 496 g/mol. The molecule has 1 aliphatic rings. The number of amides is 1. The zero-order chi connectivity index (χ0) is 25.8. The first-order valence-electron chi connectivity index (χ1n) is 11.2. The van der Waals surface area contributed by atoms with Gasteiger partial charge in [0.15, 0.2) is 12.0 Å². The number of aliphatic hydroxyl groups is 2. The molecule has 36 heavy (non-hydrogen) atoms.